The molecule has 0 heterocycles. The summed E-state index contributed by atoms with van der Waals surface area (Å²) < 4.78 is 0. The predicted octanol–water partition coefficient (Wildman–Crippen LogP) is -2.69. The summed E-state index contributed by atoms with van der Waals surface area (Å²) in [6, 6.07) is 2.10. The molecule has 0 spiro atoms. The molecule has 4 atom stereocenters. The molecule has 0 bridgehead atoms. The lowest BCUT2D eigenvalue weighted by atomic mass is 10.0. The van der Waals surface area contributed by atoms with E-state index in [1.54, 1.807) is 30.3 Å². The van der Waals surface area contributed by atoms with Gasteiger partial charge in [0.25, 0.3) is 0 Å². The number of amides is 4. The monoisotopic (exact) mass is 523 g/mol. The van der Waals surface area contributed by atoms with Crippen LogP contribution in [-0.4, -0.2) is 81.0 Å². The fourth-order valence-electron chi connectivity index (χ4n) is 3.10. The van der Waals surface area contributed by atoms with E-state index in [-0.39, 0.29) is 6.42 Å². The van der Waals surface area contributed by atoms with Crippen LogP contribution in [0.3, 0.4) is 0 Å². The van der Waals surface area contributed by atoms with Crippen LogP contribution in [0.15, 0.2) is 30.3 Å². The van der Waals surface area contributed by atoms with Gasteiger partial charge in [-0.05, 0) is 12.0 Å². The number of hydrogen-bond donors (Lipinski definition) is 8. The number of rotatable bonds is 16. The Morgan fingerprint density at radius 3 is 1.78 bits per heavy atom. The minimum atomic E-state index is -1.68. The molecule has 0 radical (unpaired) electrons. The number of nitrogens with one attached hydrogen (secondary N) is 3. The SMILES string of the molecule is NC(=O)CC(NC(=O)C(Cc1ccccc1)NC(=O)C(CCC(=O)O)NC(=O)C(N)CC(=O)O)C(=O)O. The number of primary amides is 1. The van der Waals surface area contributed by atoms with E-state index in [0.29, 0.717) is 5.56 Å². The summed E-state index contributed by atoms with van der Waals surface area (Å²) in [4.78, 5) is 82.6. The molecule has 15 heteroatoms. The molecule has 37 heavy (non-hydrogen) atoms. The van der Waals surface area contributed by atoms with E-state index in [1.807, 2.05) is 0 Å². The molecule has 10 N–H and O–H groups in total. The van der Waals surface area contributed by atoms with Gasteiger partial charge in [-0.15, -0.1) is 0 Å². The molecule has 0 aliphatic rings. The van der Waals surface area contributed by atoms with Crippen molar-refractivity contribution in [3.05, 3.63) is 35.9 Å². The van der Waals surface area contributed by atoms with Crippen LogP contribution in [0.1, 0.15) is 31.2 Å². The average molecular weight is 523 g/mol. The molecule has 202 valence electrons. The Morgan fingerprint density at radius 2 is 1.27 bits per heavy atom. The summed E-state index contributed by atoms with van der Waals surface area (Å²) in [7, 11) is 0. The van der Waals surface area contributed by atoms with E-state index < -0.39 is 91.4 Å². The van der Waals surface area contributed by atoms with Gasteiger partial charge in [-0.1, -0.05) is 30.3 Å². The highest BCUT2D eigenvalue weighted by molar-refractivity contribution is 5.95. The lowest BCUT2D eigenvalue weighted by Gasteiger charge is -2.25. The van der Waals surface area contributed by atoms with Gasteiger partial charge in [-0.2, -0.15) is 0 Å². The fourth-order valence-corrected chi connectivity index (χ4v) is 3.10. The van der Waals surface area contributed by atoms with Crippen molar-refractivity contribution >= 4 is 41.5 Å². The van der Waals surface area contributed by atoms with Crippen molar-refractivity contribution in [2.75, 3.05) is 0 Å². The highest BCUT2D eigenvalue weighted by atomic mass is 16.4. The largest absolute Gasteiger partial charge is 0.481 e. The first-order valence-electron chi connectivity index (χ1n) is 11.0. The second kappa shape index (κ2) is 14.8. The third-order valence-electron chi connectivity index (χ3n) is 4.95. The number of benzene rings is 1. The molecule has 15 nitrogen and oxygen atoms in total. The number of hydrogen-bond acceptors (Lipinski definition) is 8. The zero-order valence-electron chi connectivity index (χ0n) is 19.6. The van der Waals surface area contributed by atoms with Crippen LogP contribution < -0.4 is 27.4 Å². The highest BCUT2D eigenvalue weighted by Crippen LogP contribution is 2.07. The minimum Gasteiger partial charge on any atom is -0.481 e. The maximum Gasteiger partial charge on any atom is 0.326 e. The first-order valence-corrected chi connectivity index (χ1v) is 11.0. The molecule has 1 aromatic rings. The molecule has 0 aliphatic heterocycles. The Hall–Kier alpha value is -4.53. The second-order valence-electron chi connectivity index (χ2n) is 8.02. The van der Waals surface area contributed by atoms with Gasteiger partial charge in [-0.25, -0.2) is 4.79 Å². The molecule has 1 rings (SSSR count). The van der Waals surface area contributed by atoms with Crippen molar-refractivity contribution in [3.8, 4) is 0 Å². The van der Waals surface area contributed by atoms with Gasteiger partial charge >= 0.3 is 17.9 Å². The van der Waals surface area contributed by atoms with Crippen LogP contribution in [0.5, 0.6) is 0 Å². The maximum absolute atomic E-state index is 13.0. The Labute approximate surface area is 210 Å². The van der Waals surface area contributed by atoms with Crippen LogP contribution in [0.2, 0.25) is 0 Å². The Balaban J connectivity index is 3.16. The number of carbonyl (C=O) groups excluding carboxylic acids is 4. The molecule has 0 fully saturated rings. The minimum absolute atomic E-state index is 0.139. The maximum atomic E-state index is 13.0. The van der Waals surface area contributed by atoms with E-state index in [0.717, 1.165) is 0 Å². The van der Waals surface area contributed by atoms with E-state index >= 15 is 0 Å². The number of carboxylic acids is 3. The van der Waals surface area contributed by atoms with Gasteiger partial charge in [-0.3, -0.25) is 28.8 Å². The van der Waals surface area contributed by atoms with E-state index in [1.165, 1.54) is 0 Å². The lowest BCUT2D eigenvalue weighted by molar-refractivity contribution is -0.143. The average Bonchev–Trinajstić information content (AvgIpc) is 2.80. The molecule has 0 saturated carbocycles. The van der Waals surface area contributed by atoms with Gasteiger partial charge in [0.15, 0.2) is 0 Å². The molecule has 0 aromatic heterocycles. The number of aliphatic carboxylic acids is 3. The lowest BCUT2D eigenvalue weighted by Crippen LogP contribution is -2.58. The summed E-state index contributed by atoms with van der Waals surface area (Å²) in [5, 5.41) is 33.7. The van der Waals surface area contributed by atoms with Crippen molar-refractivity contribution in [2.45, 2.75) is 56.3 Å². The van der Waals surface area contributed by atoms with Gasteiger partial charge < -0.3 is 42.7 Å². The van der Waals surface area contributed by atoms with Crippen LogP contribution in [0, 0.1) is 0 Å². The number of carbonyl (C=O) groups is 7. The number of nitrogens with two attached hydrogens (primary N) is 2. The first-order chi connectivity index (χ1) is 17.3. The van der Waals surface area contributed by atoms with Gasteiger partial charge in [0.05, 0.1) is 18.9 Å². The summed E-state index contributed by atoms with van der Waals surface area (Å²) >= 11 is 0. The van der Waals surface area contributed by atoms with E-state index in [2.05, 4.69) is 16.0 Å². The first kappa shape index (κ1) is 30.5. The molecular formula is C22H29N5O10. The third-order valence-corrected chi connectivity index (χ3v) is 4.95. The Bertz CT molecular complexity index is 1020. The Kier molecular flexibility index (Phi) is 12.2. The van der Waals surface area contributed by atoms with Crippen molar-refractivity contribution in [1.29, 1.82) is 0 Å². The van der Waals surface area contributed by atoms with Crippen LogP contribution >= 0.6 is 0 Å². The second-order valence-corrected chi connectivity index (χ2v) is 8.02. The smallest absolute Gasteiger partial charge is 0.326 e. The quantitative estimate of drug-likeness (QED) is 0.110. The number of carboxylic acid groups (broad SMARTS) is 3. The van der Waals surface area contributed by atoms with Crippen molar-refractivity contribution in [1.82, 2.24) is 16.0 Å². The van der Waals surface area contributed by atoms with E-state index in [4.69, 9.17) is 21.7 Å². The third kappa shape index (κ3) is 11.6. The fraction of sp³-hybridized carbons (Fsp3) is 0.409. The summed E-state index contributed by atoms with van der Waals surface area (Å²) in [5.41, 5.74) is 11.1. The summed E-state index contributed by atoms with van der Waals surface area (Å²) in [6.45, 7) is 0. The zero-order chi connectivity index (χ0) is 28.1. The van der Waals surface area contributed by atoms with Gasteiger partial charge in [0, 0.05) is 12.8 Å². The molecule has 0 aliphatic carbocycles. The van der Waals surface area contributed by atoms with Crippen molar-refractivity contribution < 1.29 is 48.9 Å². The topological polar surface area (TPSA) is 268 Å². The molecule has 1 aromatic carbocycles. The van der Waals surface area contributed by atoms with Crippen LogP contribution in [-0.2, 0) is 40.0 Å². The van der Waals surface area contributed by atoms with E-state index in [9.17, 15) is 38.7 Å². The van der Waals surface area contributed by atoms with Crippen LogP contribution in [0.4, 0.5) is 0 Å². The molecule has 0 saturated heterocycles. The summed E-state index contributed by atoms with van der Waals surface area (Å²) in [5.74, 6) is -8.24. The summed E-state index contributed by atoms with van der Waals surface area (Å²) in [6.07, 6.45) is -2.60. The van der Waals surface area contributed by atoms with Crippen molar-refractivity contribution in [3.63, 3.8) is 0 Å². The highest BCUT2D eigenvalue weighted by Gasteiger charge is 2.31. The standard InChI is InChI=1S/C22H29N5O10/c23-12(9-18(31)32)19(33)25-13(6-7-17(29)30)20(34)26-14(8-11-4-2-1-3-5-11)21(35)27-15(22(36)37)10-16(24)28/h1-5,12-15H,6-10,23H2,(H2,24,28)(H,25,33)(H,26,34)(H,27,35)(H,29,30)(H,31,32)(H,36,37). The Morgan fingerprint density at radius 1 is 0.730 bits per heavy atom. The van der Waals surface area contributed by atoms with Gasteiger partial charge in [0.2, 0.25) is 23.6 Å². The molecular weight excluding hydrogens is 494 g/mol. The molecule has 4 amide bonds. The zero-order valence-corrected chi connectivity index (χ0v) is 19.6. The normalized spacial score (nSPS) is 13.8. The van der Waals surface area contributed by atoms with Crippen molar-refractivity contribution in [2.24, 2.45) is 11.5 Å². The predicted molar refractivity (Wildman–Crippen MR) is 124 cm³/mol. The van der Waals surface area contributed by atoms with Gasteiger partial charge in [0.1, 0.15) is 18.1 Å². The van der Waals surface area contributed by atoms with Crippen LogP contribution in [0.25, 0.3) is 0 Å². The molecule has 4 unspecified atom stereocenters.